The average molecular weight is 273 g/mol. The van der Waals surface area contributed by atoms with Crippen LogP contribution in [0.5, 0.6) is 0 Å². The van der Waals surface area contributed by atoms with Gasteiger partial charge in [-0.2, -0.15) is 0 Å². The van der Waals surface area contributed by atoms with Gasteiger partial charge in [0.1, 0.15) is 5.76 Å². The largest absolute Gasteiger partial charge is 0.448 e. The molecule has 0 aliphatic heterocycles. The van der Waals surface area contributed by atoms with Gasteiger partial charge in [-0.15, -0.1) is 0 Å². The molecule has 0 radical (unpaired) electrons. The number of aromatic nitrogens is 1. The molecular weight excluding hydrogens is 260 g/mol. The summed E-state index contributed by atoms with van der Waals surface area (Å²) in [5.41, 5.74) is 9.12. The van der Waals surface area contributed by atoms with E-state index in [1.165, 1.54) is 0 Å². The van der Waals surface area contributed by atoms with Crippen molar-refractivity contribution in [1.29, 1.82) is 0 Å². The minimum Gasteiger partial charge on any atom is -0.448 e. The molecule has 0 fully saturated rings. The van der Waals surface area contributed by atoms with Crippen LogP contribution in [0.4, 0.5) is 0 Å². The molecule has 0 saturated carbocycles. The standard InChI is InChI=1S/C15H13ClN2O/c1-9-2-3-10-8-11(4-5-12(10)18-9)15(17)13-6-7-14(16)19-13/h2-8,15H,17H2,1H3. The number of hydrogen-bond donors (Lipinski definition) is 1. The Bertz CT molecular complexity index is 736. The molecule has 19 heavy (non-hydrogen) atoms. The number of halogens is 1. The fourth-order valence-corrected chi connectivity index (χ4v) is 2.25. The fourth-order valence-electron chi connectivity index (χ4n) is 2.10. The number of fused-ring (bicyclic) bond motifs is 1. The first-order valence-electron chi connectivity index (χ1n) is 6.01. The summed E-state index contributed by atoms with van der Waals surface area (Å²) in [6.45, 7) is 1.98. The Hall–Kier alpha value is -1.84. The molecule has 1 atom stereocenters. The quantitative estimate of drug-likeness (QED) is 0.771. The SMILES string of the molecule is Cc1ccc2cc(C(N)c3ccc(Cl)o3)ccc2n1. The molecule has 0 saturated heterocycles. The Morgan fingerprint density at radius 3 is 2.74 bits per heavy atom. The summed E-state index contributed by atoms with van der Waals surface area (Å²) in [4.78, 5) is 4.47. The minimum atomic E-state index is -0.321. The van der Waals surface area contributed by atoms with Crippen molar-refractivity contribution in [2.45, 2.75) is 13.0 Å². The predicted octanol–water partition coefficient (Wildman–Crippen LogP) is 3.84. The van der Waals surface area contributed by atoms with Gasteiger partial charge in [0.05, 0.1) is 11.6 Å². The first-order chi connectivity index (χ1) is 9.13. The van der Waals surface area contributed by atoms with Crippen molar-refractivity contribution in [3.05, 3.63) is 64.7 Å². The monoisotopic (exact) mass is 272 g/mol. The summed E-state index contributed by atoms with van der Waals surface area (Å²) in [6.07, 6.45) is 0. The van der Waals surface area contributed by atoms with E-state index in [0.29, 0.717) is 11.0 Å². The summed E-state index contributed by atoms with van der Waals surface area (Å²) in [5, 5.41) is 1.42. The normalized spacial score (nSPS) is 12.8. The summed E-state index contributed by atoms with van der Waals surface area (Å²) in [5.74, 6) is 0.657. The molecule has 1 unspecified atom stereocenters. The molecule has 0 aliphatic rings. The Labute approximate surface area is 116 Å². The first kappa shape index (κ1) is 12.2. The maximum atomic E-state index is 6.18. The third-order valence-electron chi connectivity index (χ3n) is 3.11. The molecule has 0 spiro atoms. The maximum Gasteiger partial charge on any atom is 0.193 e. The van der Waals surface area contributed by atoms with Crippen LogP contribution in [0.15, 0.2) is 46.9 Å². The highest BCUT2D eigenvalue weighted by Crippen LogP contribution is 2.26. The number of pyridine rings is 1. The van der Waals surface area contributed by atoms with Gasteiger partial charge in [-0.1, -0.05) is 12.1 Å². The van der Waals surface area contributed by atoms with E-state index in [2.05, 4.69) is 4.98 Å². The van der Waals surface area contributed by atoms with Crippen LogP contribution >= 0.6 is 11.6 Å². The zero-order valence-corrected chi connectivity index (χ0v) is 11.2. The van der Waals surface area contributed by atoms with E-state index in [9.17, 15) is 0 Å². The lowest BCUT2D eigenvalue weighted by Crippen LogP contribution is -2.10. The van der Waals surface area contributed by atoms with Crippen LogP contribution in [-0.4, -0.2) is 4.98 Å². The van der Waals surface area contributed by atoms with Gasteiger partial charge in [0, 0.05) is 11.1 Å². The second kappa shape index (κ2) is 4.68. The highest BCUT2D eigenvalue weighted by atomic mass is 35.5. The average Bonchev–Trinajstić information content (AvgIpc) is 2.84. The van der Waals surface area contributed by atoms with Crippen molar-refractivity contribution in [1.82, 2.24) is 4.98 Å². The molecule has 0 aliphatic carbocycles. The molecule has 2 heterocycles. The molecule has 1 aromatic carbocycles. The van der Waals surface area contributed by atoms with Gasteiger partial charge < -0.3 is 10.2 Å². The molecule has 3 nitrogen and oxygen atoms in total. The van der Waals surface area contributed by atoms with E-state index in [1.807, 2.05) is 37.3 Å². The van der Waals surface area contributed by atoms with E-state index in [4.69, 9.17) is 21.8 Å². The van der Waals surface area contributed by atoms with Gasteiger partial charge in [-0.25, -0.2) is 0 Å². The third kappa shape index (κ3) is 2.35. The second-order valence-electron chi connectivity index (χ2n) is 4.52. The maximum absolute atomic E-state index is 6.18. The van der Waals surface area contributed by atoms with Crippen molar-refractivity contribution in [3.8, 4) is 0 Å². The van der Waals surface area contributed by atoms with E-state index in [-0.39, 0.29) is 6.04 Å². The van der Waals surface area contributed by atoms with Gasteiger partial charge in [0.15, 0.2) is 5.22 Å². The van der Waals surface area contributed by atoms with Crippen LogP contribution in [0.2, 0.25) is 5.22 Å². The number of hydrogen-bond acceptors (Lipinski definition) is 3. The molecule has 3 rings (SSSR count). The van der Waals surface area contributed by atoms with Gasteiger partial charge in [0.25, 0.3) is 0 Å². The lowest BCUT2D eigenvalue weighted by molar-refractivity contribution is 0.491. The van der Waals surface area contributed by atoms with Crippen LogP contribution in [0.3, 0.4) is 0 Å². The molecule has 2 N–H and O–H groups in total. The predicted molar refractivity (Wildman–Crippen MR) is 76.2 cm³/mol. The molecule has 3 aromatic rings. The topological polar surface area (TPSA) is 52.0 Å². The van der Waals surface area contributed by atoms with Crippen molar-refractivity contribution in [2.75, 3.05) is 0 Å². The molecule has 2 aromatic heterocycles. The van der Waals surface area contributed by atoms with Crippen molar-refractivity contribution in [3.63, 3.8) is 0 Å². The molecule has 0 bridgehead atoms. The number of benzene rings is 1. The Kier molecular flexibility index (Phi) is 3.01. The zero-order chi connectivity index (χ0) is 13.4. The van der Waals surface area contributed by atoms with E-state index in [1.54, 1.807) is 12.1 Å². The van der Waals surface area contributed by atoms with E-state index >= 15 is 0 Å². The van der Waals surface area contributed by atoms with Crippen molar-refractivity contribution >= 4 is 22.5 Å². The second-order valence-corrected chi connectivity index (χ2v) is 4.90. The molecule has 4 heteroatoms. The third-order valence-corrected chi connectivity index (χ3v) is 3.32. The number of furan rings is 1. The van der Waals surface area contributed by atoms with Crippen LogP contribution in [0.1, 0.15) is 23.1 Å². The minimum absolute atomic E-state index is 0.321. The summed E-state index contributed by atoms with van der Waals surface area (Å²) >= 11 is 5.77. The molecule has 0 amide bonds. The summed E-state index contributed by atoms with van der Waals surface area (Å²) < 4.78 is 5.36. The fraction of sp³-hybridized carbons (Fsp3) is 0.133. The molecular formula is C15H13ClN2O. The van der Waals surface area contributed by atoms with Gasteiger partial charge >= 0.3 is 0 Å². The van der Waals surface area contributed by atoms with Gasteiger partial charge in [0.2, 0.25) is 0 Å². The summed E-state index contributed by atoms with van der Waals surface area (Å²) in [6, 6.07) is 13.2. The number of nitrogens with two attached hydrogens (primary N) is 1. The zero-order valence-electron chi connectivity index (χ0n) is 10.4. The van der Waals surface area contributed by atoms with Gasteiger partial charge in [-0.05, 0) is 54.4 Å². The lowest BCUT2D eigenvalue weighted by Gasteiger charge is -2.10. The first-order valence-corrected chi connectivity index (χ1v) is 6.39. The van der Waals surface area contributed by atoms with Crippen LogP contribution in [0, 0.1) is 6.92 Å². The van der Waals surface area contributed by atoms with Crippen LogP contribution < -0.4 is 5.73 Å². The lowest BCUT2D eigenvalue weighted by atomic mass is 10.0. The van der Waals surface area contributed by atoms with E-state index in [0.717, 1.165) is 22.2 Å². The van der Waals surface area contributed by atoms with Crippen molar-refractivity contribution in [2.24, 2.45) is 5.73 Å². The van der Waals surface area contributed by atoms with Crippen LogP contribution in [-0.2, 0) is 0 Å². The number of nitrogens with zero attached hydrogens (tertiary/aromatic N) is 1. The highest BCUT2D eigenvalue weighted by Gasteiger charge is 2.13. The number of aryl methyl sites for hydroxylation is 1. The Morgan fingerprint density at radius 2 is 2.00 bits per heavy atom. The Balaban J connectivity index is 2.03. The Morgan fingerprint density at radius 1 is 1.16 bits per heavy atom. The van der Waals surface area contributed by atoms with Gasteiger partial charge in [-0.3, -0.25) is 4.98 Å². The number of rotatable bonds is 2. The molecule has 96 valence electrons. The van der Waals surface area contributed by atoms with Crippen LogP contribution in [0.25, 0.3) is 10.9 Å². The highest BCUT2D eigenvalue weighted by molar-refractivity contribution is 6.28. The smallest absolute Gasteiger partial charge is 0.193 e. The van der Waals surface area contributed by atoms with E-state index < -0.39 is 0 Å². The van der Waals surface area contributed by atoms with Crippen molar-refractivity contribution < 1.29 is 4.42 Å². The summed E-state index contributed by atoms with van der Waals surface area (Å²) in [7, 11) is 0.